The van der Waals surface area contributed by atoms with Crippen LogP contribution in [0.4, 0.5) is 4.79 Å². The summed E-state index contributed by atoms with van der Waals surface area (Å²) in [4.78, 5) is 27.1. The first-order chi connectivity index (χ1) is 11.0. The molecule has 0 aromatic heterocycles. The second-order valence-electron chi connectivity index (χ2n) is 5.86. The van der Waals surface area contributed by atoms with Crippen molar-refractivity contribution in [2.75, 3.05) is 32.7 Å². The zero-order chi connectivity index (χ0) is 16.8. The number of benzene rings is 1. The summed E-state index contributed by atoms with van der Waals surface area (Å²) in [5.74, 6) is 0.0103. The molecule has 1 aliphatic rings. The van der Waals surface area contributed by atoms with Crippen molar-refractivity contribution in [3.05, 3.63) is 35.4 Å². The Bertz CT molecular complexity index is 537. The number of nitrogens with zero attached hydrogens (tertiary/aromatic N) is 2. The number of urea groups is 1. The normalized spacial score (nSPS) is 16.9. The maximum Gasteiger partial charge on any atom is 0.312 e. The second-order valence-corrected chi connectivity index (χ2v) is 5.86. The second kappa shape index (κ2) is 7.94. The van der Waals surface area contributed by atoms with E-state index in [0.717, 1.165) is 18.7 Å². The van der Waals surface area contributed by atoms with E-state index in [9.17, 15) is 14.7 Å². The first-order valence-electron chi connectivity index (χ1n) is 7.77. The molecule has 1 aliphatic heterocycles. The first-order valence-corrected chi connectivity index (χ1v) is 7.77. The number of hydrogen-bond acceptors (Lipinski definition) is 4. The van der Waals surface area contributed by atoms with Gasteiger partial charge < -0.3 is 21.1 Å². The lowest BCUT2D eigenvalue weighted by atomic mass is 10.1. The van der Waals surface area contributed by atoms with Crippen LogP contribution in [0.15, 0.2) is 24.3 Å². The molecule has 0 aliphatic carbocycles. The molecule has 0 spiro atoms. The fourth-order valence-corrected chi connectivity index (χ4v) is 2.64. The van der Waals surface area contributed by atoms with E-state index in [1.165, 1.54) is 0 Å². The van der Waals surface area contributed by atoms with E-state index in [0.29, 0.717) is 31.7 Å². The van der Waals surface area contributed by atoms with Gasteiger partial charge in [-0.2, -0.15) is 0 Å². The molecule has 23 heavy (non-hydrogen) atoms. The number of aliphatic hydroxyl groups excluding tert-OH is 1. The van der Waals surface area contributed by atoms with Crippen molar-refractivity contribution in [2.45, 2.75) is 19.6 Å². The highest BCUT2D eigenvalue weighted by molar-refractivity contribution is 5.94. The van der Waals surface area contributed by atoms with Crippen molar-refractivity contribution in [1.82, 2.24) is 15.1 Å². The highest BCUT2D eigenvalue weighted by Gasteiger charge is 2.22. The third kappa shape index (κ3) is 5.22. The Labute approximate surface area is 136 Å². The number of primary amides is 1. The Morgan fingerprint density at radius 3 is 2.35 bits per heavy atom. The van der Waals surface area contributed by atoms with Crippen molar-refractivity contribution in [3.8, 4) is 0 Å². The summed E-state index contributed by atoms with van der Waals surface area (Å²) >= 11 is 0. The first kappa shape index (κ1) is 17.2. The lowest BCUT2D eigenvalue weighted by Crippen LogP contribution is -2.50. The van der Waals surface area contributed by atoms with E-state index in [1.54, 1.807) is 19.1 Å². The Balaban J connectivity index is 1.87. The molecular weight excluding hydrogens is 296 g/mol. The summed E-state index contributed by atoms with van der Waals surface area (Å²) < 4.78 is 0. The van der Waals surface area contributed by atoms with E-state index < -0.39 is 6.03 Å². The molecule has 126 valence electrons. The lowest BCUT2D eigenvalue weighted by Gasteiger charge is -2.35. The summed E-state index contributed by atoms with van der Waals surface area (Å²) in [6.07, 6.45) is -0.348. The number of nitrogens with one attached hydrogen (secondary N) is 1. The van der Waals surface area contributed by atoms with E-state index in [4.69, 9.17) is 5.73 Å². The van der Waals surface area contributed by atoms with Crippen molar-refractivity contribution in [3.63, 3.8) is 0 Å². The van der Waals surface area contributed by atoms with Crippen molar-refractivity contribution < 1.29 is 14.7 Å². The highest BCUT2D eigenvalue weighted by atomic mass is 16.3. The van der Waals surface area contributed by atoms with E-state index in [2.05, 4.69) is 10.2 Å². The average molecular weight is 320 g/mol. The van der Waals surface area contributed by atoms with Gasteiger partial charge in [0.2, 0.25) is 0 Å². The molecule has 0 saturated carbocycles. The topological polar surface area (TPSA) is 98.9 Å². The van der Waals surface area contributed by atoms with Gasteiger partial charge in [-0.1, -0.05) is 12.1 Å². The minimum Gasteiger partial charge on any atom is -0.392 e. The number of β-amino-alcohol motifs (C(OH)–C–C–N with tert-alkyl or cyclic N) is 1. The third-order valence-electron chi connectivity index (χ3n) is 3.85. The van der Waals surface area contributed by atoms with Crippen LogP contribution in [0, 0.1) is 0 Å². The van der Waals surface area contributed by atoms with Gasteiger partial charge in [-0.3, -0.25) is 9.69 Å². The SMILES string of the molecule is C[C@H](O)CN1CCN(C(=O)c2ccc(CNC(N)=O)cc2)CC1. The van der Waals surface area contributed by atoms with Gasteiger partial charge in [0, 0.05) is 44.8 Å². The average Bonchev–Trinajstić information content (AvgIpc) is 2.53. The molecule has 0 bridgehead atoms. The van der Waals surface area contributed by atoms with Gasteiger partial charge in [0.25, 0.3) is 5.91 Å². The summed E-state index contributed by atoms with van der Waals surface area (Å²) in [7, 11) is 0. The van der Waals surface area contributed by atoms with Crippen LogP contribution in [0.25, 0.3) is 0 Å². The van der Waals surface area contributed by atoms with Crippen LogP contribution in [0.5, 0.6) is 0 Å². The molecule has 2 rings (SSSR count). The van der Waals surface area contributed by atoms with Crippen molar-refractivity contribution in [2.24, 2.45) is 5.73 Å². The number of nitrogens with two attached hydrogens (primary N) is 1. The van der Waals surface area contributed by atoms with Crippen LogP contribution in [0.3, 0.4) is 0 Å². The fourth-order valence-electron chi connectivity index (χ4n) is 2.64. The van der Waals surface area contributed by atoms with E-state index >= 15 is 0 Å². The third-order valence-corrected chi connectivity index (χ3v) is 3.85. The van der Waals surface area contributed by atoms with Gasteiger partial charge in [-0.15, -0.1) is 0 Å². The maximum absolute atomic E-state index is 12.5. The fraction of sp³-hybridized carbons (Fsp3) is 0.500. The van der Waals surface area contributed by atoms with Crippen LogP contribution in [0.1, 0.15) is 22.8 Å². The zero-order valence-electron chi connectivity index (χ0n) is 13.4. The summed E-state index contributed by atoms with van der Waals surface area (Å²) in [6.45, 7) is 5.64. The molecule has 1 saturated heterocycles. The number of carbonyl (C=O) groups excluding carboxylic acids is 2. The Hall–Kier alpha value is -2.12. The molecule has 0 unspecified atom stereocenters. The van der Waals surface area contributed by atoms with Crippen LogP contribution in [-0.4, -0.2) is 65.7 Å². The van der Waals surface area contributed by atoms with Gasteiger partial charge in [0.1, 0.15) is 0 Å². The number of hydrogen-bond donors (Lipinski definition) is 3. The largest absolute Gasteiger partial charge is 0.392 e. The van der Waals surface area contributed by atoms with E-state index in [-0.39, 0.29) is 12.0 Å². The predicted molar refractivity (Wildman–Crippen MR) is 86.9 cm³/mol. The molecule has 7 nitrogen and oxygen atoms in total. The molecule has 1 atom stereocenters. The molecule has 1 fully saturated rings. The quantitative estimate of drug-likeness (QED) is 0.711. The molecule has 4 N–H and O–H groups in total. The summed E-state index contributed by atoms with van der Waals surface area (Å²) in [6, 6.07) is 6.59. The van der Waals surface area contributed by atoms with Gasteiger partial charge in [-0.05, 0) is 24.6 Å². The van der Waals surface area contributed by atoms with Crippen LogP contribution >= 0.6 is 0 Å². The summed E-state index contributed by atoms with van der Waals surface area (Å²) in [5.41, 5.74) is 6.55. The molecule has 7 heteroatoms. The Kier molecular flexibility index (Phi) is 5.95. The molecule has 1 aromatic carbocycles. The number of rotatable bonds is 5. The summed E-state index contributed by atoms with van der Waals surface area (Å²) in [5, 5.41) is 11.9. The van der Waals surface area contributed by atoms with Gasteiger partial charge in [0.05, 0.1) is 6.10 Å². The molecular formula is C16H24N4O3. The minimum atomic E-state index is -0.569. The number of piperazine rings is 1. The van der Waals surface area contributed by atoms with Crippen LogP contribution < -0.4 is 11.1 Å². The monoisotopic (exact) mass is 320 g/mol. The molecule has 1 heterocycles. The Morgan fingerprint density at radius 2 is 1.83 bits per heavy atom. The smallest absolute Gasteiger partial charge is 0.312 e. The predicted octanol–water partition coefficient (Wildman–Crippen LogP) is -0.00650. The standard InChI is InChI=1S/C16H24N4O3/c1-12(21)11-19-6-8-20(9-7-19)15(22)14-4-2-13(3-5-14)10-18-16(17)23/h2-5,12,21H,6-11H2,1H3,(H3,17,18,23)/t12-/m0/s1. The van der Waals surface area contributed by atoms with Gasteiger partial charge in [-0.25, -0.2) is 4.79 Å². The minimum absolute atomic E-state index is 0.0103. The van der Waals surface area contributed by atoms with Gasteiger partial charge in [0.15, 0.2) is 0 Å². The van der Waals surface area contributed by atoms with E-state index in [1.807, 2.05) is 17.0 Å². The van der Waals surface area contributed by atoms with Crippen molar-refractivity contribution >= 4 is 11.9 Å². The van der Waals surface area contributed by atoms with Crippen molar-refractivity contribution in [1.29, 1.82) is 0 Å². The number of amides is 3. The molecule has 0 radical (unpaired) electrons. The highest BCUT2D eigenvalue weighted by Crippen LogP contribution is 2.11. The van der Waals surface area contributed by atoms with Gasteiger partial charge >= 0.3 is 6.03 Å². The maximum atomic E-state index is 12.5. The number of carbonyl (C=O) groups is 2. The molecule has 3 amide bonds. The van der Waals surface area contributed by atoms with Crippen LogP contribution in [-0.2, 0) is 6.54 Å². The lowest BCUT2D eigenvalue weighted by molar-refractivity contribution is 0.0554. The molecule has 1 aromatic rings. The Morgan fingerprint density at radius 1 is 1.22 bits per heavy atom. The zero-order valence-corrected chi connectivity index (χ0v) is 13.4. The number of aliphatic hydroxyl groups is 1. The van der Waals surface area contributed by atoms with Crippen LogP contribution in [0.2, 0.25) is 0 Å².